The van der Waals surface area contributed by atoms with E-state index in [1.54, 1.807) is 0 Å². The summed E-state index contributed by atoms with van der Waals surface area (Å²) in [5.41, 5.74) is 0. The summed E-state index contributed by atoms with van der Waals surface area (Å²) in [5, 5.41) is 1.72. The molecular weight excluding hydrogens is 186 g/mol. The summed E-state index contributed by atoms with van der Waals surface area (Å²) in [6.07, 6.45) is 1.30. The quantitative estimate of drug-likeness (QED) is 0.680. The van der Waals surface area contributed by atoms with E-state index in [1.165, 1.54) is 11.5 Å². The van der Waals surface area contributed by atoms with Crippen molar-refractivity contribution in [3.63, 3.8) is 0 Å². The molecule has 0 saturated carbocycles. The van der Waals surface area contributed by atoms with Crippen LogP contribution in [0.3, 0.4) is 0 Å². The molecule has 0 aromatic rings. The molecule has 0 aromatic carbocycles. The highest BCUT2D eigenvalue weighted by molar-refractivity contribution is 8.25. The number of hydrogen-bond donors (Lipinski definition) is 0. The predicted molar refractivity (Wildman–Crippen MR) is 61.0 cm³/mol. The minimum absolute atomic E-state index is 0.468. The van der Waals surface area contributed by atoms with Gasteiger partial charge in [0.05, 0.1) is 15.0 Å². The molecule has 0 N–H and O–H groups in total. The first-order chi connectivity index (χ1) is 5.58. The summed E-state index contributed by atoms with van der Waals surface area (Å²) in [7, 11) is 0. The molecule has 0 unspecified atom stereocenters. The smallest absolute Gasteiger partial charge is 0.0943 e. The van der Waals surface area contributed by atoms with Gasteiger partial charge in [0.15, 0.2) is 0 Å². The Kier molecular flexibility index (Phi) is 3.97. The average Bonchev–Trinajstić information content (AvgIpc) is 1.81. The monoisotopic (exact) mass is 203 g/mol. The molecule has 0 fully saturated rings. The van der Waals surface area contributed by atoms with E-state index in [0.29, 0.717) is 5.37 Å². The topological polar surface area (TPSA) is 12.4 Å². The second-order valence-electron chi connectivity index (χ2n) is 3.56. The highest BCUT2D eigenvalue weighted by Crippen LogP contribution is 2.37. The number of hydrogen-bond acceptors (Lipinski definition) is 3. The van der Waals surface area contributed by atoms with Gasteiger partial charge in [-0.15, -0.1) is 11.8 Å². The molecule has 1 aliphatic rings. The molecule has 12 heavy (non-hydrogen) atoms. The van der Waals surface area contributed by atoms with Crippen LogP contribution in [0.1, 0.15) is 34.1 Å². The largest absolute Gasteiger partial charge is 0.269 e. The third-order valence-electron chi connectivity index (χ3n) is 1.68. The zero-order valence-corrected chi connectivity index (χ0v) is 9.84. The van der Waals surface area contributed by atoms with Crippen LogP contribution in [0.4, 0.5) is 0 Å². The zero-order chi connectivity index (χ0) is 9.14. The van der Waals surface area contributed by atoms with Crippen molar-refractivity contribution in [2.24, 2.45) is 10.9 Å². The number of thioether (sulfide) groups is 2. The lowest BCUT2D eigenvalue weighted by atomic mass is 10.2. The fraction of sp³-hybridized carbons (Fsp3) is 0.889. The molecule has 0 spiro atoms. The Morgan fingerprint density at radius 1 is 1.50 bits per heavy atom. The Hall–Kier alpha value is 0.370. The summed E-state index contributed by atoms with van der Waals surface area (Å²) >= 11 is 3.93. The van der Waals surface area contributed by atoms with Gasteiger partial charge < -0.3 is 0 Å². The first-order valence-electron chi connectivity index (χ1n) is 4.44. The van der Waals surface area contributed by atoms with Crippen molar-refractivity contribution in [3.8, 4) is 0 Å². The molecule has 0 bridgehead atoms. The van der Waals surface area contributed by atoms with Gasteiger partial charge in [-0.1, -0.05) is 25.6 Å². The fourth-order valence-electron chi connectivity index (χ4n) is 1.24. The van der Waals surface area contributed by atoms with Crippen LogP contribution in [0.15, 0.2) is 4.99 Å². The van der Waals surface area contributed by atoms with E-state index in [-0.39, 0.29) is 0 Å². The van der Waals surface area contributed by atoms with Crippen molar-refractivity contribution in [3.05, 3.63) is 0 Å². The average molecular weight is 203 g/mol. The van der Waals surface area contributed by atoms with Crippen molar-refractivity contribution in [1.82, 2.24) is 0 Å². The highest BCUT2D eigenvalue weighted by Gasteiger charge is 2.20. The molecule has 3 heteroatoms. The predicted octanol–water partition coefficient (Wildman–Crippen LogP) is 3.60. The van der Waals surface area contributed by atoms with Gasteiger partial charge in [-0.05, 0) is 26.2 Å². The lowest BCUT2D eigenvalue weighted by Crippen LogP contribution is -2.14. The van der Waals surface area contributed by atoms with Crippen molar-refractivity contribution in [2.75, 3.05) is 0 Å². The van der Waals surface area contributed by atoms with E-state index in [1.807, 2.05) is 23.5 Å². The van der Waals surface area contributed by atoms with Crippen LogP contribution in [0.5, 0.6) is 0 Å². The third kappa shape index (κ3) is 3.40. The Morgan fingerprint density at radius 2 is 2.17 bits per heavy atom. The molecular formula is C9H17NS2. The summed E-state index contributed by atoms with van der Waals surface area (Å²) in [6, 6.07) is 0. The standard InChI is InChI=1S/C9H17NS2/c1-6(2)5-9-11-7(3)10-8(4)12-9/h6-7,9H,5H2,1-4H3/t7-,9+/m0/s1. The van der Waals surface area contributed by atoms with Gasteiger partial charge >= 0.3 is 0 Å². The van der Waals surface area contributed by atoms with E-state index < -0.39 is 0 Å². The van der Waals surface area contributed by atoms with Crippen LogP contribution >= 0.6 is 23.5 Å². The van der Waals surface area contributed by atoms with Crippen molar-refractivity contribution >= 4 is 28.6 Å². The molecule has 70 valence electrons. The van der Waals surface area contributed by atoms with Crippen LogP contribution in [0.25, 0.3) is 0 Å². The van der Waals surface area contributed by atoms with Crippen LogP contribution in [-0.4, -0.2) is 15.0 Å². The van der Waals surface area contributed by atoms with Crippen molar-refractivity contribution in [2.45, 2.75) is 44.1 Å². The van der Waals surface area contributed by atoms with Gasteiger partial charge in [0.2, 0.25) is 0 Å². The summed E-state index contributed by atoms with van der Waals surface area (Å²) in [5.74, 6) is 0.799. The molecule has 0 aliphatic carbocycles. The minimum atomic E-state index is 0.468. The SMILES string of the molecule is CC1=N[C@H](C)S[C@@H](CC(C)C)S1. The Bertz CT molecular complexity index is 177. The Labute approximate surface area is 83.8 Å². The van der Waals surface area contributed by atoms with E-state index in [4.69, 9.17) is 0 Å². The molecule has 1 aliphatic heterocycles. The van der Waals surface area contributed by atoms with Crippen LogP contribution in [0.2, 0.25) is 0 Å². The van der Waals surface area contributed by atoms with Gasteiger partial charge in [0, 0.05) is 0 Å². The van der Waals surface area contributed by atoms with Gasteiger partial charge in [-0.3, -0.25) is 4.99 Å². The maximum absolute atomic E-state index is 4.48. The summed E-state index contributed by atoms with van der Waals surface area (Å²) in [6.45, 7) is 8.87. The van der Waals surface area contributed by atoms with Crippen LogP contribution < -0.4 is 0 Å². The highest BCUT2D eigenvalue weighted by atomic mass is 32.2. The van der Waals surface area contributed by atoms with E-state index in [2.05, 4.69) is 32.7 Å². The molecule has 0 radical (unpaired) electrons. The zero-order valence-electron chi connectivity index (χ0n) is 8.20. The lowest BCUT2D eigenvalue weighted by molar-refractivity contribution is 0.619. The number of nitrogens with zero attached hydrogens (tertiary/aromatic N) is 1. The van der Waals surface area contributed by atoms with E-state index in [9.17, 15) is 0 Å². The molecule has 1 nitrogen and oxygen atoms in total. The van der Waals surface area contributed by atoms with Crippen LogP contribution in [-0.2, 0) is 0 Å². The molecule has 0 aromatic heterocycles. The molecule has 2 atom stereocenters. The second-order valence-corrected chi connectivity index (χ2v) is 6.78. The van der Waals surface area contributed by atoms with E-state index in [0.717, 1.165) is 10.5 Å². The second kappa shape index (κ2) is 4.56. The normalized spacial score (nSPS) is 30.6. The van der Waals surface area contributed by atoms with Gasteiger partial charge in [0.25, 0.3) is 0 Å². The lowest BCUT2D eigenvalue weighted by Gasteiger charge is -2.24. The van der Waals surface area contributed by atoms with Gasteiger partial charge in [-0.25, -0.2) is 0 Å². The first kappa shape index (κ1) is 10.5. The van der Waals surface area contributed by atoms with Crippen molar-refractivity contribution < 1.29 is 0 Å². The third-order valence-corrected chi connectivity index (χ3v) is 4.20. The minimum Gasteiger partial charge on any atom is -0.269 e. The summed E-state index contributed by atoms with van der Waals surface area (Å²) < 4.78 is 0.734. The van der Waals surface area contributed by atoms with Gasteiger partial charge in [-0.2, -0.15) is 0 Å². The summed E-state index contributed by atoms with van der Waals surface area (Å²) in [4.78, 5) is 4.48. The van der Waals surface area contributed by atoms with Crippen molar-refractivity contribution in [1.29, 1.82) is 0 Å². The van der Waals surface area contributed by atoms with Gasteiger partial charge in [0.1, 0.15) is 0 Å². The van der Waals surface area contributed by atoms with E-state index >= 15 is 0 Å². The molecule has 0 saturated heterocycles. The Balaban J connectivity index is 2.44. The maximum atomic E-state index is 4.48. The number of aliphatic imine (C=N–C) groups is 1. The molecule has 0 amide bonds. The molecule has 1 rings (SSSR count). The fourth-order valence-corrected chi connectivity index (χ4v) is 4.67. The maximum Gasteiger partial charge on any atom is 0.0943 e. The van der Waals surface area contributed by atoms with Crippen LogP contribution in [0, 0.1) is 5.92 Å². The molecule has 1 heterocycles. The number of rotatable bonds is 2. The first-order valence-corrected chi connectivity index (χ1v) is 6.26. The Morgan fingerprint density at radius 3 is 2.67 bits per heavy atom.